The van der Waals surface area contributed by atoms with Gasteiger partial charge in [0.25, 0.3) is 0 Å². The molecule has 0 aliphatic heterocycles. The number of nitrogens with one attached hydrogen (secondary N) is 1. The molecular weight excluding hydrogens is 290 g/mol. The largest absolute Gasteiger partial charge is 0.491 e. The van der Waals surface area contributed by atoms with Crippen LogP contribution in [-0.4, -0.2) is 21.8 Å². The van der Waals surface area contributed by atoms with Gasteiger partial charge in [0, 0.05) is 24.8 Å². The van der Waals surface area contributed by atoms with E-state index in [0.717, 1.165) is 28.3 Å². The maximum absolute atomic E-state index is 12.1. The van der Waals surface area contributed by atoms with Gasteiger partial charge in [0.1, 0.15) is 5.75 Å². The van der Waals surface area contributed by atoms with Crippen LogP contribution in [0.3, 0.4) is 0 Å². The number of carbonyl (C=O) groups is 1. The Balaban J connectivity index is 1.89. The maximum atomic E-state index is 12.1. The predicted octanol–water partition coefficient (Wildman–Crippen LogP) is 2.68. The highest BCUT2D eigenvalue weighted by atomic mass is 16.5. The summed E-state index contributed by atoms with van der Waals surface area (Å²) in [4.78, 5) is 12.1. The van der Waals surface area contributed by atoms with E-state index in [1.165, 1.54) is 0 Å². The summed E-state index contributed by atoms with van der Waals surface area (Å²) in [6.07, 6.45) is 0.520. The Kier molecular flexibility index (Phi) is 5.42. The number of aryl methyl sites for hydroxylation is 2. The molecule has 0 radical (unpaired) electrons. The van der Waals surface area contributed by atoms with E-state index in [0.29, 0.717) is 13.0 Å². The molecule has 1 heterocycles. The molecule has 0 spiro atoms. The zero-order valence-corrected chi connectivity index (χ0v) is 14.5. The van der Waals surface area contributed by atoms with E-state index in [4.69, 9.17) is 4.74 Å². The van der Waals surface area contributed by atoms with Crippen molar-refractivity contribution in [3.05, 3.63) is 46.8 Å². The van der Waals surface area contributed by atoms with Crippen molar-refractivity contribution in [3.63, 3.8) is 0 Å². The van der Waals surface area contributed by atoms with Crippen molar-refractivity contribution in [2.45, 2.75) is 46.8 Å². The lowest BCUT2D eigenvalue weighted by Crippen LogP contribution is -2.25. The first-order valence-electron chi connectivity index (χ1n) is 7.88. The standard InChI is InChI=1S/C18H25N3O2/c1-12(2)23-16-8-6-15(7-9-16)11-19-18(22)10-17-13(3)20-21(5)14(17)4/h6-9,12H,10-11H2,1-5H3,(H,19,22). The number of hydrogen-bond donors (Lipinski definition) is 1. The van der Waals surface area contributed by atoms with E-state index in [1.807, 2.05) is 63.7 Å². The summed E-state index contributed by atoms with van der Waals surface area (Å²) in [7, 11) is 1.89. The fourth-order valence-corrected chi connectivity index (χ4v) is 2.46. The van der Waals surface area contributed by atoms with Crippen LogP contribution in [0.4, 0.5) is 0 Å². The maximum Gasteiger partial charge on any atom is 0.224 e. The molecule has 1 amide bonds. The van der Waals surface area contributed by atoms with Gasteiger partial charge in [0.2, 0.25) is 5.91 Å². The number of nitrogens with zero attached hydrogens (tertiary/aromatic N) is 2. The highest BCUT2D eigenvalue weighted by Crippen LogP contribution is 2.14. The first kappa shape index (κ1) is 17.1. The smallest absolute Gasteiger partial charge is 0.224 e. The molecule has 2 aromatic rings. The number of aromatic nitrogens is 2. The lowest BCUT2D eigenvalue weighted by atomic mass is 10.1. The molecule has 5 heteroatoms. The van der Waals surface area contributed by atoms with Gasteiger partial charge < -0.3 is 10.1 Å². The Hall–Kier alpha value is -2.30. The van der Waals surface area contributed by atoms with E-state index in [2.05, 4.69) is 10.4 Å². The van der Waals surface area contributed by atoms with Crippen LogP contribution < -0.4 is 10.1 Å². The minimum atomic E-state index is 0.00621. The van der Waals surface area contributed by atoms with Crippen LogP contribution in [0.1, 0.15) is 36.4 Å². The number of benzene rings is 1. The number of carbonyl (C=O) groups excluding carboxylic acids is 1. The second kappa shape index (κ2) is 7.31. The van der Waals surface area contributed by atoms with Crippen molar-refractivity contribution in [1.29, 1.82) is 0 Å². The molecule has 2 rings (SSSR count). The van der Waals surface area contributed by atoms with Crippen LogP contribution in [0.15, 0.2) is 24.3 Å². The number of ether oxygens (including phenoxy) is 1. The third kappa shape index (κ3) is 4.58. The van der Waals surface area contributed by atoms with Crippen molar-refractivity contribution >= 4 is 5.91 Å². The van der Waals surface area contributed by atoms with Crippen LogP contribution in [0.2, 0.25) is 0 Å². The summed E-state index contributed by atoms with van der Waals surface area (Å²) in [6, 6.07) is 7.80. The van der Waals surface area contributed by atoms with Crippen molar-refractivity contribution in [1.82, 2.24) is 15.1 Å². The van der Waals surface area contributed by atoms with E-state index in [-0.39, 0.29) is 12.0 Å². The van der Waals surface area contributed by atoms with Gasteiger partial charge in [-0.05, 0) is 45.4 Å². The van der Waals surface area contributed by atoms with Gasteiger partial charge in [-0.1, -0.05) is 12.1 Å². The molecule has 1 aromatic heterocycles. The van der Waals surface area contributed by atoms with Crippen LogP contribution in [0.25, 0.3) is 0 Å². The zero-order valence-electron chi connectivity index (χ0n) is 14.5. The van der Waals surface area contributed by atoms with Crippen molar-refractivity contribution in [2.75, 3.05) is 0 Å². The Labute approximate surface area is 137 Å². The minimum Gasteiger partial charge on any atom is -0.491 e. The van der Waals surface area contributed by atoms with E-state index < -0.39 is 0 Å². The molecule has 0 aliphatic rings. The first-order valence-corrected chi connectivity index (χ1v) is 7.88. The minimum absolute atomic E-state index is 0.00621. The number of amides is 1. The van der Waals surface area contributed by atoms with E-state index in [9.17, 15) is 4.79 Å². The SMILES string of the molecule is Cc1nn(C)c(C)c1CC(=O)NCc1ccc(OC(C)C)cc1. The highest BCUT2D eigenvalue weighted by molar-refractivity contribution is 5.79. The lowest BCUT2D eigenvalue weighted by molar-refractivity contribution is -0.120. The van der Waals surface area contributed by atoms with Gasteiger partial charge in [-0.2, -0.15) is 5.10 Å². The number of hydrogen-bond acceptors (Lipinski definition) is 3. The molecule has 0 atom stereocenters. The molecule has 23 heavy (non-hydrogen) atoms. The summed E-state index contributed by atoms with van der Waals surface area (Å²) in [5.41, 5.74) is 4.00. The molecular formula is C18H25N3O2. The molecule has 0 bridgehead atoms. The lowest BCUT2D eigenvalue weighted by Gasteiger charge is -2.10. The molecule has 124 valence electrons. The van der Waals surface area contributed by atoms with Crippen LogP contribution in [-0.2, 0) is 24.8 Å². The van der Waals surface area contributed by atoms with Gasteiger partial charge >= 0.3 is 0 Å². The molecule has 5 nitrogen and oxygen atoms in total. The first-order chi connectivity index (χ1) is 10.9. The van der Waals surface area contributed by atoms with Gasteiger partial charge in [0.15, 0.2) is 0 Å². The quantitative estimate of drug-likeness (QED) is 0.891. The molecule has 0 unspecified atom stereocenters. The van der Waals surface area contributed by atoms with Crippen LogP contribution in [0, 0.1) is 13.8 Å². The Morgan fingerprint density at radius 1 is 1.26 bits per heavy atom. The Morgan fingerprint density at radius 3 is 2.43 bits per heavy atom. The molecule has 1 aromatic carbocycles. The molecule has 0 fully saturated rings. The molecule has 1 N–H and O–H groups in total. The van der Waals surface area contributed by atoms with Crippen molar-refractivity contribution < 1.29 is 9.53 Å². The second-order valence-corrected chi connectivity index (χ2v) is 6.04. The fraction of sp³-hybridized carbons (Fsp3) is 0.444. The van der Waals surface area contributed by atoms with Crippen molar-refractivity contribution in [3.8, 4) is 5.75 Å². The third-order valence-corrected chi connectivity index (χ3v) is 3.78. The Bertz CT molecular complexity index is 672. The molecule has 0 aliphatic carbocycles. The summed E-state index contributed by atoms with van der Waals surface area (Å²) in [5.74, 6) is 0.850. The normalized spacial score (nSPS) is 10.9. The van der Waals surface area contributed by atoms with Gasteiger partial charge in [-0.25, -0.2) is 0 Å². The van der Waals surface area contributed by atoms with Gasteiger partial charge in [-0.3, -0.25) is 9.48 Å². The summed E-state index contributed by atoms with van der Waals surface area (Å²) < 4.78 is 7.42. The predicted molar refractivity (Wildman–Crippen MR) is 90.4 cm³/mol. The zero-order chi connectivity index (χ0) is 17.0. The van der Waals surface area contributed by atoms with Crippen molar-refractivity contribution in [2.24, 2.45) is 7.05 Å². The van der Waals surface area contributed by atoms with Crippen LogP contribution >= 0.6 is 0 Å². The monoisotopic (exact) mass is 315 g/mol. The molecule has 0 saturated carbocycles. The van der Waals surface area contributed by atoms with Gasteiger partial charge in [-0.15, -0.1) is 0 Å². The topological polar surface area (TPSA) is 56.2 Å². The van der Waals surface area contributed by atoms with E-state index >= 15 is 0 Å². The highest BCUT2D eigenvalue weighted by Gasteiger charge is 2.13. The average molecular weight is 315 g/mol. The molecule has 0 saturated heterocycles. The van der Waals surface area contributed by atoms with E-state index in [1.54, 1.807) is 0 Å². The number of rotatable bonds is 6. The Morgan fingerprint density at radius 2 is 1.91 bits per heavy atom. The second-order valence-electron chi connectivity index (χ2n) is 6.04. The van der Waals surface area contributed by atoms with Crippen LogP contribution in [0.5, 0.6) is 5.75 Å². The average Bonchev–Trinajstić information content (AvgIpc) is 2.72. The summed E-state index contributed by atoms with van der Waals surface area (Å²) >= 11 is 0. The summed E-state index contributed by atoms with van der Waals surface area (Å²) in [5, 5.41) is 7.29. The summed E-state index contributed by atoms with van der Waals surface area (Å²) in [6.45, 7) is 8.42. The third-order valence-electron chi connectivity index (χ3n) is 3.78. The van der Waals surface area contributed by atoms with Gasteiger partial charge in [0.05, 0.1) is 18.2 Å². The fourth-order valence-electron chi connectivity index (χ4n) is 2.46.